The summed E-state index contributed by atoms with van der Waals surface area (Å²) < 4.78 is 0. The minimum Gasteiger partial charge on any atom is -0.358 e. The Morgan fingerprint density at radius 3 is 2.36 bits per heavy atom. The number of hydrogen-bond acceptors (Lipinski definition) is 3. The Balaban J connectivity index is 1.60. The Morgan fingerprint density at radius 2 is 1.82 bits per heavy atom. The van der Waals surface area contributed by atoms with E-state index in [-0.39, 0.29) is 29.6 Å². The highest BCUT2D eigenvalue weighted by Crippen LogP contribution is 2.50. The molecule has 1 aromatic carbocycles. The SMILES string of the molecule is CNC(=O)CN1CC2(CCC(c3ccccc3)(N(C)CC(C)C)CC2)N(CC2CCC2)C1=O. The summed E-state index contributed by atoms with van der Waals surface area (Å²) in [6, 6.07) is 11.0. The number of urea groups is 1. The van der Waals surface area contributed by atoms with Crippen LogP contribution in [0.25, 0.3) is 0 Å². The van der Waals surface area contributed by atoms with Gasteiger partial charge in [-0.15, -0.1) is 0 Å². The van der Waals surface area contributed by atoms with E-state index in [2.05, 4.69) is 66.3 Å². The van der Waals surface area contributed by atoms with Crippen molar-refractivity contribution in [3.63, 3.8) is 0 Å². The Kier molecular flexibility index (Phi) is 7.04. The zero-order valence-corrected chi connectivity index (χ0v) is 21.0. The first-order valence-electron chi connectivity index (χ1n) is 12.8. The molecule has 3 amide bonds. The van der Waals surface area contributed by atoms with Crippen molar-refractivity contribution in [3.05, 3.63) is 35.9 Å². The molecule has 1 aromatic rings. The molecule has 0 unspecified atom stereocenters. The molecule has 2 aliphatic carbocycles. The van der Waals surface area contributed by atoms with Crippen molar-refractivity contribution in [3.8, 4) is 0 Å². The van der Waals surface area contributed by atoms with E-state index in [1.165, 1.54) is 24.8 Å². The maximum atomic E-state index is 13.5. The van der Waals surface area contributed by atoms with E-state index in [1.54, 1.807) is 11.9 Å². The van der Waals surface area contributed by atoms with Crippen LogP contribution < -0.4 is 5.32 Å². The first-order valence-corrected chi connectivity index (χ1v) is 12.8. The van der Waals surface area contributed by atoms with Gasteiger partial charge in [0.25, 0.3) is 0 Å². The van der Waals surface area contributed by atoms with E-state index >= 15 is 0 Å². The highest BCUT2D eigenvalue weighted by Gasteiger charge is 2.55. The summed E-state index contributed by atoms with van der Waals surface area (Å²) in [6.45, 7) is 7.30. The molecule has 1 saturated heterocycles. The number of carbonyl (C=O) groups excluding carboxylic acids is 2. The molecule has 182 valence electrons. The van der Waals surface area contributed by atoms with Crippen molar-refractivity contribution in [1.29, 1.82) is 0 Å². The lowest BCUT2D eigenvalue weighted by Crippen LogP contribution is -2.57. The number of carbonyl (C=O) groups is 2. The molecule has 4 rings (SSSR count). The zero-order valence-electron chi connectivity index (χ0n) is 21.0. The monoisotopic (exact) mass is 454 g/mol. The highest BCUT2D eigenvalue weighted by atomic mass is 16.2. The van der Waals surface area contributed by atoms with Crippen LogP contribution in [-0.4, -0.2) is 72.5 Å². The average molecular weight is 455 g/mol. The molecule has 1 heterocycles. The molecular formula is C27H42N4O2. The van der Waals surface area contributed by atoms with Crippen molar-refractivity contribution < 1.29 is 9.59 Å². The van der Waals surface area contributed by atoms with Crippen LogP contribution in [0.15, 0.2) is 30.3 Å². The third-order valence-corrected chi connectivity index (χ3v) is 8.53. The van der Waals surface area contributed by atoms with E-state index in [0.29, 0.717) is 18.4 Å². The molecule has 3 fully saturated rings. The van der Waals surface area contributed by atoms with Crippen molar-refractivity contribution in [2.45, 2.75) is 69.9 Å². The summed E-state index contributed by atoms with van der Waals surface area (Å²) in [4.78, 5) is 32.1. The van der Waals surface area contributed by atoms with E-state index in [4.69, 9.17) is 0 Å². The molecule has 0 bridgehead atoms. The van der Waals surface area contributed by atoms with Crippen molar-refractivity contribution >= 4 is 11.9 Å². The Morgan fingerprint density at radius 1 is 1.15 bits per heavy atom. The van der Waals surface area contributed by atoms with E-state index in [1.807, 2.05) is 0 Å². The molecule has 0 aromatic heterocycles. The molecule has 0 atom stereocenters. The maximum Gasteiger partial charge on any atom is 0.321 e. The second-order valence-electron chi connectivity index (χ2n) is 11.1. The lowest BCUT2D eigenvalue weighted by Gasteiger charge is -2.52. The Labute approximate surface area is 199 Å². The van der Waals surface area contributed by atoms with Gasteiger partial charge in [0, 0.05) is 32.2 Å². The fourth-order valence-corrected chi connectivity index (χ4v) is 6.38. The van der Waals surface area contributed by atoms with Gasteiger partial charge in [0.2, 0.25) is 5.91 Å². The number of benzene rings is 1. The lowest BCUT2D eigenvalue weighted by molar-refractivity contribution is -0.121. The summed E-state index contributed by atoms with van der Waals surface area (Å²) in [6.07, 6.45) is 7.74. The topological polar surface area (TPSA) is 55.9 Å². The number of likely N-dealkylation sites (N-methyl/N-ethyl adjacent to an activating group) is 1. The summed E-state index contributed by atoms with van der Waals surface area (Å²) >= 11 is 0. The number of nitrogens with zero attached hydrogens (tertiary/aromatic N) is 3. The third kappa shape index (κ3) is 4.64. The summed E-state index contributed by atoms with van der Waals surface area (Å²) in [5.74, 6) is 1.13. The predicted octanol–water partition coefficient (Wildman–Crippen LogP) is 4.07. The molecule has 3 aliphatic rings. The van der Waals surface area contributed by atoms with Gasteiger partial charge in [-0.05, 0) is 63.0 Å². The standard InChI is InChI=1S/C27H42N4O2/c1-21(2)17-29(4)27(23-11-6-5-7-12-23)15-13-26(14-16-27)20-30(19-24(32)28-3)25(33)31(26)18-22-9-8-10-22/h5-7,11-12,21-22H,8-10,13-20H2,1-4H3,(H,28,32). The quantitative estimate of drug-likeness (QED) is 0.644. The molecule has 33 heavy (non-hydrogen) atoms. The lowest BCUT2D eigenvalue weighted by atomic mass is 9.67. The fourth-order valence-electron chi connectivity index (χ4n) is 6.38. The Bertz CT molecular complexity index is 828. The molecular weight excluding hydrogens is 412 g/mol. The summed E-state index contributed by atoms with van der Waals surface area (Å²) in [7, 11) is 3.92. The minimum absolute atomic E-state index is 0.00379. The predicted molar refractivity (Wildman–Crippen MR) is 132 cm³/mol. The molecule has 6 heteroatoms. The van der Waals surface area contributed by atoms with Crippen LogP contribution in [-0.2, 0) is 10.3 Å². The fraction of sp³-hybridized carbons (Fsp3) is 0.704. The van der Waals surface area contributed by atoms with Crippen LogP contribution >= 0.6 is 0 Å². The largest absolute Gasteiger partial charge is 0.358 e. The first kappa shape index (κ1) is 24.1. The van der Waals surface area contributed by atoms with Crippen molar-refractivity contribution in [2.24, 2.45) is 11.8 Å². The van der Waals surface area contributed by atoms with Gasteiger partial charge in [-0.1, -0.05) is 50.6 Å². The van der Waals surface area contributed by atoms with Gasteiger partial charge in [0.05, 0.1) is 5.54 Å². The van der Waals surface area contributed by atoms with Gasteiger partial charge in [0.1, 0.15) is 6.54 Å². The van der Waals surface area contributed by atoms with Gasteiger partial charge in [-0.2, -0.15) is 0 Å². The summed E-state index contributed by atoms with van der Waals surface area (Å²) in [5.41, 5.74) is 1.23. The van der Waals surface area contributed by atoms with Gasteiger partial charge in [-0.25, -0.2) is 4.79 Å². The Hall–Kier alpha value is -2.08. The second-order valence-corrected chi connectivity index (χ2v) is 11.1. The molecule has 1 aliphatic heterocycles. The zero-order chi connectivity index (χ0) is 23.6. The highest BCUT2D eigenvalue weighted by molar-refractivity contribution is 5.85. The maximum absolute atomic E-state index is 13.5. The molecule has 0 radical (unpaired) electrons. The van der Waals surface area contributed by atoms with Crippen LogP contribution in [0.3, 0.4) is 0 Å². The number of amides is 3. The minimum atomic E-state index is -0.155. The van der Waals surface area contributed by atoms with Crippen molar-refractivity contribution in [2.75, 3.05) is 40.3 Å². The second kappa shape index (κ2) is 9.65. The molecule has 6 nitrogen and oxygen atoms in total. The van der Waals surface area contributed by atoms with Gasteiger partial charge in [-0.3, -0.25) is 9.69 Å². The third-order valence-electron chi connectivity index (χ3n) is 8.53. The molecule has 1 N–H and O–H groups in total. The van der Waals surface area contributed by atoms with Gasteiger partial charge >= 0.3 is 6.03 Å². The van der Waals surface area contributed by atoms with Crippen molar-refractivity contribution in [1.82, 2.24) is 20.0 Å². The van der Waals surface area contributed by atoms with Crippen LogP contribution in [0.4, 0.5) is 4.79 Å². The number of rotatable bonds is 8. The van der Waals surface area contributed by atoms with E-state index < -0.39 is 0 Å². The molecule has 1 spiro atoms. The number of nitrogens with one attached hydrogen (secondary N) is 1. The van der Waals surface area contributed by atoms with Gasteiger partial charge in [0.15, 0.2) is 0 Å². The van der Waals surface area contributed by atoms with Crippen LogP contribution in [0, 0.1) is 11.8 Å². The molecule has 2 saturated carbocycles. The van der Waals surface area contributed by atoms with Crippen LogP contribution in [0.1, 0.15) is 64.4 Å². The van der Waals surface area contributed by atoms with E-state index in [9.17, 15) is 9.59 Å². The van der Waals surface area contributed by atoms with Gasteiger partial charge < -0.3 is 15.1 Å². The number of hydrogen-bond donors (Lipinski definition) is 1. The first-order chi connectivity index (χ1) is 15.8. The smallest absolute Gasteiger partial charge is 0.321 e. The normalized spacial score (nSPS) is 28.1. The summed E-state index contributed by atoms with van der Waals surface area (Å²) in [5, 5.41) is 2.69. The van der Waals surface area contributed by atoms with E-state index in [0.717, 1.165) is 38.8 Å². The average Bonchev–Trinajstić information content (AvgIpc) is 3.01. The van der Waals surface area contributed by atoms with Crippen LogP contribution in [0.5, 0.6) is 0 Å². The van der Waals surface area contributed by atoms with Crippen LogP contribution in [0.2, 0.25) is 0 Å².